The summed E-state index contributed by atoms with van der Waals surface area (Å²) in [5.41, 5.74) is 0. The van der Waals surface area contributed by atoms with Crippen molar-refractivity contribution in [1.82, 2.24) is 0 Å². The molecule has 0 saturated heterocycles. The first-order valence-electron chi connectivity index (χ1n) is 6.87. The summed E-state index contributed by atoms with van der Waals surface area (Å²) in [6.45, 7) is 0. The van der Waals surface area contributed by atoms with E-state index in [1.807, 2.05) is 275 Å². The van der Waals surface area contributed by atoms with Gasteiger partial charge in [0.25, 0.3) is 0 Å². The van der Waals surface area contributed by atoms with E-state index < -0.39 is 0 Å². The highest BCUT2D eigenvalue weighted by Gasteiger charge is 2.03. The summed E-state index contributed by atoms with van der Waals surface area (Å²) in [4.78, 5) is 0. The zero-order valence-electron chi connectivity index (χ0n) is 17.2. The fourth-order valence-electron chi connectivity index (χ4n) is 0.433. The molecule has 0 rings (SSSR count). The van der Waals surface area contributed by atoms with E-state index >= 15 is 0 Å². The molecule has 0 N–H and O–H groups in total. The number of hydrogen-bond donors (Lipinski definition) is 2. The predicted octanol–water partition coefficient (Wildman–Crippen LogP) is 26.7. The maximum absolute atomic E-state index is 4.08. The lowest BCUT2D eigenvalue weighted by atomic mass is 30.1. The van der Waals surface area contributed by atoms with Crippen molar-refractivity contribution < 1.29 is 0 Å². The van der Waals surface area contributed by atoms with Crippen LogP contribution in [-0.2, 0) is 0 Å². The van der Waals surface area contributed by atoms with Gasteiger partial charge in [-0.2, -0.15) is 0 Å². The Hall–Kier alpha value is 14.7. The lowest BCUT2D eigenvalue weighted by Gasteiger charge is -1.99. The van der Waals surface area contributed by atoms with Crippen molar-refractivity contribution in [2.24, 2.45) is 0 Å². The van der Waals surface area contributed by atoms with Gasteiger partial charge in [0, 0.05) is 236 Å². The molecule has 0 aromatic carbocycles. The standard InChI is InChI=1S/H2S42/c1-3-5-7-9-11-13-15-17-19-21-23-25-27-29-31-33-35-37-39-41-42-40-38-36-34-32-30-28-26-24-22-20-18-16-14-12-10-8-6-4-2/h1-2H. The van der Waals surface area contributed by atoms with Crippen molar-refractivity contribution in [3.8, 4) is 0 Å². The lowest BCUT2D eigenvalue weighted by molar-refractivity contribution is 5.60. The summed E-state index contributed by atoms with van der Waals surface area (Å²) in [5.74, 6) is 0. The normalized spacial score (nSPS) is 11.6. The van der Waals surface area contributed by atoms with E-state index in [1.165, 1.54) is 19.7 Å². The molecule has 0 unspecified atom stereocenters. The summed E-state index contributed by atoms with van der Waals surface area (Å²) >= 11 is 8.17. The van der Waals surface area contributed by atoms with Gasteiger partial charge in [0.15, 0.2) is 0 Å². The van der Waals surface area contributed by atoms with Gasteiger partial charge in [-0.15, -0.1) is 0 Å². The van der Waals surface area contributed by atoms with Crippen LogP contribution in [0.3, 0.4) is 0 Å². The van der Waals surface area contributed by atoms with Gasteiger partial charge in [-0.3, -0.25) is 0 Å². The van der Waals surface area contributed by atoms with Crippen LogP contribution in [0.25, 0.3) is 0 Å². The molecule has 0 spiro atoms. The van der Waals surface area contributed by atoms with Gasteiger partial charge in [0.2, 0.25) is 0 Å². The average molecular weight is 1350 g/mol. The summed E-state index contributed by atoms with van der Waals surface area (Å²) in [5, 5.41) is 0. The highest BCUT2D eigenvalue weighted by molar-refractivity contribution is 9.62. The van der Waals surface area contributed by atoms with Gasteiger partial charge in [0.05, 0.1) is 0 Å². The molecule has 0 nitrogen and oxygen atoms in total. The molecular weight excluding hydrogens is 1350 g/mol. The van der Waals surface area contributed by atoms with Gasteiger partial charge in [0.1, 0.15) is 0 Å². The zero-order valence-corrected chi connectivity index (χ0v) is 51.7. The van der Waals surface area contributed by atoms with Crippen molar-refractivity contribution in [2.45, 2.75) is 0 Å². The largest absolute Gasteiger partial charge is 0.0988 e. The van der Waals surface area contributed by atoms with Gasteiger partial charge < -0.3 is 0 Å². The monoisotopic (exact) mass is 1340 g/mol. The third-order valence-electron chi connectivity index (χ3n) is 1.09. The van der Waals surface area contributed by atoms with E-state index in [0.29, 0.717) is 0 Å². The van der Waals surface area contributed by atoms with Crippen LogP contribution in [0.4, 0.5) is 0 Å². The summed E-state index contributed by atoms with van der Waals surface area (Å²) in [7, 11) is 71.6. The Morgan fingerprint density at radius 1 is 0.119 bits per heavy atom. The molecule has 0 aromatic rings. The smallest absolute Gasteiger partial charge is 0 e. The molecule has 0 fully saturated rings. The molecule has 42 heteroatoms. The first-order valence-corrected chi connectivity index (χ1v) is 61.8. The second-order valence-corrected chi connectivity index (χ2v) is 73.8. The fraction of sp³-hybridized carbons (Fsp3) is 0. The van der Waals surface area contributed by atoms with E-state index in [0.717, 1.165) is 0 Å². The van der Waals surface area contributed by atoms with E-state index in [9.17, 15) is 0 Å². The molecule has 0 amide bonds. The highest BCUT2D eigenvalue weighted by Crippen LogP contribution is 2.68. The Morgan fingerprint density at radius 2 is 0.190 bits per heavy atom. The minimum atomic E-state index is 1.49. The van der Waals surface area contributed by atoms with Crippen LogP contribution in [0.15, 0.2) is 0 Å². The third kappa shape index (κ3) is 54.7. The molecule has 42 heavy (non-hydrogen) atoms. The number of thiol groups is 2. The zero-order chi connectivity index (χ0) is 30.3. The Kier molecular flexibility index (Phi) is 75.2. The van der Waals surface area contributed by atoms with Crippen molar-refractivity contribution in [3.63, 3.8) is 0 Å². The molecule has 0 aliphatic carbocycles. The van der Waals surface area contributed by atoms with Crippen LogP contribution in [0.5, 0.6) is 0 Å². The number of hydrogen-bond acceptors (Lipinski definition) is 42. The topological polar surface area (TPSA) is 0 Å². The maximum Gasteiger partial charge on any atom is 0 e. The quantitative estimate of drug-likeness (QED) is 0.0341. The Balaban J connectivity index is 3.02. The molecule has 0 aliphatic heterocycles. The highest BCUT2D eigenvalue weighted by atomic mass is 34.1. The van der Waals surface area contributed by atoms with Crippen molar-refractivity contribution in [3.05, 3.63) is 0 Å². The Bertz CT molecular complexity index is 386. The van der Waals surface area contributed by atoms with Crippen LogP contribution < -0.4 is 0 Å². The van der Waals surface area contributed by atoms with Gasteiger partial charge in [-0.25, -0.2) is 0 Å². The molecule has 0 heterocycles. The van der Waals surface area contributed by atoms with Crippen LogP contribution >= 0.6 is 416 Å². The summed E-state index contributed by atoms with van der Waals surface area (Å²) < 4.78 is 0. The Morgan fingerprint density at radius 3 is 0.262 bits per heavy atom. The van der Waals surface area contributed by atoms with E-state index in [4.69, 9.17) is 0 Å². The Labute approximate surface area is 405 Å². The summed E-state index contributed by atoms with van der Waals surface area (Å²) in [6.07, 6.45) is 0. The average Bonchev–Trinajstić information content (AvgIpc) is 3.00. The molecule has 0 radical (unpaired) electrons. The van der Waals surface area contributed by atoms with Crippen LogP contribution in [0, 0.1) is 0 Å². The van der Waals surface area contributed by atoms with Crippen molar-refractivity contribution >= 4 is 416 Å². The molecule has 0 aliphatic rings. The number of rotatable bonds is 39. The SMILES string of the molecule is SSSSSSSSSSSSSSSSSSSSSSSSSSSSSSSSSSSSSSSSSS. The van der Waals surface area contributed by atoms with Crippen LogP contribution in [0.1, 0.15) is 0 Å². The van der Waals surface area contributed by atoms with E-state index in [2.05, 4.69) is 23.3 Å². The van der Waals surface area contributed by atoms with Crippen molar-refractivity contribution in [1.29, 1.82) is 0 Å². The predicted molar refractivity (Wildman–Crippen MR) is 322 cm³/mol. The molecule has 0 bridgehead atoms. The van der Waals surface area contributed by atoms with E-state index in [1.54, 1.807) is 98.3 Å². The first-order chi connectivity index (χ1) is 20.9. The minimum absolute atomic E-state index is 1.49. The molecule has 254 valence electrons. The fourth-order valence-corrected chi connectivity index (χ4v) is 105. The van der Waals surface area contributed by atoms with Crippen LogP contribution in [-0.4, -0.2) is 0 Å². The molecule has 0 atom stereocenters. The second-order valence-electron chi connectivity index (χ2n) is 2.73. The molecule has 0 aromatic heterocycles. The first kappa shape index (κ1) is 56.7. The van der Waals surface area contributed by atoms with Crippen molar-refractivity contribution in [2.75, 3.05) is 0 Å². The third-order valence-corrected chi connectivity index (χ3v) is 88.2. The van der Waals surface area contributed by atoms with Gasteiger partial charge in [-0.1, -0.05) is 23.3 Å². The minimum Gasteiger partial charge on any atom is -0.0988 e. The maximum atomic E-state index is 4.08. The molecular formula is H2S42. The van der Waals surface area contributed by atoms with Gasteiger partial charge >= 0.3 is 0 Å². The second kappa shape index (κ2) is 55.7. The van der Waals surface area contributed by atoms with Gasteiger partial charge in [-0.05, 0) is 157 Å². The summed E-state index contributed by atoms with van der Waals surface area (Å²) in [6, 6.07) is 0. The van der Waals surface area contributed by atoms with Crippen LogP contribution in [0.2, 0.25) is 0 Å². The molecule has 0 saturated carbocycles. The lowest BCUT2D eigenvalue weighted by Crippen LogP contribution is -1.35. The van der Waals surface area contributed by atoms with E-state index in [-0.39, 0.29) is 0 Å².